The number of amides is 1. The average Bonchev–Trinajstić information content (AvgIpc) is 2.57. The predicted molar refractivity (Wildman–Crippen MR) is 90.9 cm³/mol. The molecule has 0 spiro atoms. The molecule has 0 aromatic rings. The Morgan fingerprint density at radius 3 is 2.04 bits per heavy atom. The van der Waals surface area contributed by atoms with E-state index in [1.54, 1.807) is 6.92 Å². The zero-order chi connectivity index (χ0) is 18.2. The summed E-state index contributed by atoms with van der Waals surface area (Å²) < 4.78 is 21.2. The van der Waals surface area contributed by atoms with Crippen LogP contribution in [0, 0.1) is 5.92 Å². The van der Waals surface area contributed by atoms with Gasteiger partial charge in [-0.3, -0.25) is 4.79 Å². The van der Waals surface area contributed by atoms with Crippen LogP contribution in [0.1, 0.15) is 47.0 Å². The van der Waals surface area contributed by atoms with E-state index in [9.17, 15) is 9.59 Å². The molecular formula is C17H33NO6. The van der Waals surface area contributed by atoms with Crippen molar-refractivity contribution in [2.24, 2.45) is 5.92 Å². The highest BCUT2D eigenvalue weighted by Crippen LogP contribution is 2.02. The Bertz CT molecular complexity index is 327. The van der Waals surface area contributed by atoms with Gasteiger partial charge in [0.25, 0.3) is 0 Å². The van der Waals surface area contributed by atoms with Crippen LogP contribution >= 0.6 is 0 Å². The maximum atomic E-state index is 11.8. The molecule has 0 saturated carbocycles. The normalized spacial score (nSPS) is 12.0. The molecule has 0 aliphatic carbocycles. The molecule has 0 radical (unpaired) electrons. The molecule has 0 bridgehead atoms. The lowest BCUT2D eigenvalue weighted by molar-refractivity contribution is -0.147. The first kappa shape index (κ1) is 22.7. The quantitative estimate of drug-likeness (QED) is 0.384. The van der Waals surface area contributed by atoms with E-state index in [2.05, 4.69) is 5.32 Å². The van der Waals surface area contributed by atoms with Gasteiger partial charge in [-0.1, -0.05) is 27.7 Å². The molecule has 1 unspecified atom stereocenters. The van der Waals surface area contributed by atoms with Gasteiger partial charge >= 0.3 is 12.1 Å². The van der Waals surface area contributed by atoms with E-state index in [1.165, 1.54) is 0 Å². The minimum atomic E-state index is -0.570. The van der Waals surface area contributed by atoms with Crippen LogP contribution in [0.25, 0.3) is 0 Å². The molecule has 1 N–H and O–H groups in total. The number of nitrogens with one attached hydrogen (secondary N) is 1. The lowest BCUT2D eigenvalue weighted by Crippen LogP contribution is -2.36. The van der Waals surface area contributed by atoms with Crippen LogP contribution in [0.5, 0.6) is 0 Å². The fraction of sp³-hybridized carbons (Fsp3) is 0.882. The van der Waals surface area contributed by atoms with E-state index in [0.29, 0.717) is 26.4 Å². The van der Waals surface area contributed by atoms with Crippen LogP contribution < -0.4 is 5.32 Å². The zero-order valence-corrected chi connectivity index (χ0v) is 15.5. The summed E-state index contributed by atoms with van der Waals surface area (Å²) in [5, 5.41) is 2.56. The number of alkyl carbamates (subject to hydrolysis) is 1. The summed E-state index contributed by atoms with van der Waals surface area (Å²) in [6.07, 6.45) is 1.50. The molecule has 0 aliphatic heterocycles. The third kappa shape index (κ3) is 12.1. The standard InChI is InChI=1S/C17H33NO6/c1-5-9-21-12-15(13-22-10-6-2)24-17(20)18-8-11-23-16(19)14(4)7-3/h14-15H,5-13H2,1-4H3,(H,18,20). The number of hydrogen-bond donors (Lipinski definition) is 1. The molecule has 0 saturated heterocycles. The second kappa shape index (κ2) is 15.2. The fourth-order valence-corrected chi connectivity index (χ4v) is 1.64. The van der Waals surface area contributed by atoms with Crippen molar-refractivity contribution in [2.45, 2.75) is 53.1 Å². The Kier molecular flexibility index (Phi) is 14.4. The van der Waals surface area contributed by atoms with Gasteiger partial charge in [0.05, 0.1) is 25.7 Å². The van der Waals surface area contributed by atoms with Gasteiger partial charge in [0.2, 0.25) is 0 Å². The van der Waals surface area contributed by atoms with E-state index < -0.39 is 12.2 Å². The molecule has 0 rings (SSSR count). The molecule has 1 atom stereocenters. The van der Waals surface area contributed by atoms with E-state index in [4.69, 9.17) is 18.9 Å². The average molecular weight is 347 g/mol. The Hall–Kier alpha value is -1.34. The first-order chi connectivity index (χ1) is 11.5. The molecule has 0 aromatic heterocycles. The highest BCUT2D eigenvalue weighted by Gasteiger charge is 2.16. The molecule has 142 valence electrons. The minimum Gasteiger partial charge on any atom is -0.464 e. The van der Waals surface area contributed by atoms with Crippen molar-refractivity contribution >= 4 is 12.1 Å². The molecule has 7 nitrogen and oxygen atoms in total. The summed E-state index contributed by atoms with van der Waals surface area (Å²) in [5.41, 5.74) is 0. The van der Waals surface area contributed by atoms with Gasteiger partial charge in [-0.15, -0.1) is 0 Å². The smallest absolute Gasteiger partial charge is 0.407 e. The second-order valence-electron chi connectivity index (χ2n) is 5.58. The number of hydrogen-bond acceptors (Lipinski definition) is 6. The van der Waals surface area contributed by atoms with Gasteiger partial charge in [-0.25, -0.2) is 4.79 Å². The molecule has 0 fully saturated rings. The zero-order valence-electron chi connectivity index (χ0n) is 15.5. The van der Waals surface area contributed by atoms with Crippen molar-refractivity contribution in [3.05, 3.63) is 0 Å². The Balaban J connectivity index is 3.99. The molecule has 1 amide bonds. The van der Waals surface area contributed by atoms with Crippen LogP contribution in [0.4, 0.5) is 4.79 Å². The summed E-state index contributed by atoms with van der Waals surface area (Å²) in [6, 6.07) is 0. The molecule has 7 heteroatoms. The lowest BCUT2D eigenvalue weighted by atomic mass is 10.1. The maximum Gasteiger partial charge on any atom is 0.407 e. The maximum absolute atomic E-state index is 11.8. The summed E-state index contributed by atoms with van der Waals surface area (Å²) >= 11 is 0. The fourth-order valence-electron chi connectivity index (χ4n) is 1.64. The van der Waals surface area contributed by atoms with Crippen LogP contribution in [-0.4, -0.2) is 57.7 Å². The number of rotatable bonds is 14. The van der Waals surface area contributed by atoms with Crippen LogP contribution in [-0.2, 0) is 23.7 Å². The van der Waals surface area contributed by atoms with E-state index in [0.717, 1.165) is 19.3 Å². The van der Waals surface area contributed by atoms with E-state index in [-0.39, 0.29) is 25.0 Å². The summed E-state index contributed by atoms with van der Waals surface area (Å²) in [7, 11) is 0. The predicted octanol–water partition coefficient (Wildman–Crippen LogP) is 2.52. The molecular weight excluding hydrogens is 314 g/mol. The van der Waals surface area contributed by atoms with E-state index >= 15 is 0 Å². The first-order valence-corrected chi connectivity index (χ1v) is 8.81. The van der Waals surface area contributed by atoms with Gasteiger partial charge < -0.3 is 24.3 Å². The topological polar surface area (TPSA) is 83.1 Å². The Morgan fingerprint density at radius 2 is 1.54 bits per heavy atom. The molecule has 0 heterocycles. The SMILES string of the molecule is CCCOCC(COCCC)OC(=O)NCCOC(=O)C(C)CC. The third-order valence-corrected chi connectivity index (χ3v) is 3.21. The van der Waals surface area contributed by atoms with Crippen molar-refractivity contribution in [1.29, 1.82) is 0 Å². The van der Waals surface area contributed by atoms with Crippen molar-refractivity contribution < 1.29 is 28.5 Å². The van der Waals surface area contributed by atoms with Crippen LogP contribution in [0.15, 0.2) is 0 Å². The van der Waals surface area contributed by atoms with Crippen molar-refractivity contribution in [1.82, 2.24) is 5.32 Å². The number of ether oxygens (including phenoxy) is 4. The number of esters is 1. The van der Waals surface area contributed by atoms with Crippen molar-refractivity contribution in [3.8, 4) is 0 Å². The largest absolute Gasteiger partial charge is 0.464 e. The first-order valence-electron chi connectivity index (χ1n) is 8.81. The van der Waals surface area contributed by atoms with Crippen LogP contribution in [0.3, 0.4) is 0 Å². The minimum absolute atomic E-state index is 0.127. The van der Waals surface area contributed by atoms with Gasteiger partial charge in [0, 0.05) is 13.2 Å². The number of carbonyl (C=O) groups is 2. The highest BCUT2D eigenvalue weighted by atomic mass is 16.6. The number of carbonyl (C=O) groups excluding carboxylic acids is 2. The van der Waals surface area contributed by atoms with Gasteiger partial charge in [-0.2, -0.15) is 0 Å². The molecule has 0 aliphatic rings. The van der Waals surface area contributed by atoms with Gasteiger partial charge in [0.1, 0.15) is 6.61 Å². The van der Waals surface area contributed by atoms with Crippen molar-refractivity contribution in [2.75, 3.05) is 39.6 Å². The lowest BCUT2D eigenvalue weighted by Gasteiger charge is -2.18. The third-order valence-electron chi connectivity index (χ3n) is 3.21. The summed E-state index contributed by atoms with van der Waals surface area (Å²) in [6.45, 7) is 9.91. The highest BCUT2D eigenvalue weighted by molar-refractivity contribution is 5.72. The second-order valence-corrected chi connectivity index (χ2v) is 5.58. The van der Waals surface area contributed by atoms with Crippen molar-refractivity contribution in [3.63, 3.8) is 0 Å². The van der Waals surface area contributed by atoms with Gasteiger partial charge in [-0.05, 0) is 19.3 Å². The monoisotopic (exact) mass is 347 g/mol. The summed E-state index contributed by atoms with van der Waals surface area (Å²) in [5.74, 6) is -0.390. The molecule has 0 aromatic carbocycles. The molecule has 24 heavy (non-hydrogen) atoms. The van der Waals surface area contributed by atoms with Gasteiger partial charge in [0.15, 0.2) is 6.10 Å². The Morgan fingerprint density at radius 1 is 0.958 bits per heavy atom. The Labute approximate surface area is 145 Å². The van der Waals surface area contributed by atoms with Crippen LogP contribution in [0.2, 0.25) is 0 Å². The van der Waals surface area contributed by atoms with E-state index in [1.807, 2.05) is 20.8 Å². The summed E-state index contributed by atoms with van der Waals surface area (Å²) in [4.78, 5) is 23.3.